The van der Waals surface area contributed by atoms with Gasteiger partial charge in [-0.25, -0.2) is 12.4 Å². The average Bonchev–Trinajstić information content (AvgIpc) is 3.45. The Kier molecular flexibility index (Phi) is 9.06. The number of hydrogen-bond donors (Lipinski definition) is 0. The summed E-state index contributed by atoms with van der Waals surface area (Å²) in [5.41, 5.74) is 1.05. The standard InChI is InChI=1S/C21H22INO2S7/c1-4-10-26-18-19(27-11-5-2)31-21(30-18)20-28-15-12-23(17(22)16(15)29-20)32(24,25)14-8-6-13(3)7-9-14/h6-9,12H,4-5,10-11H2,1-3H3. The van der Waals surface area contributed by atoms with E-state index < -0.39 is 10.0 Å². The van der Waals surface area contributed by atoms with Crippen LogP contribution in [0.1, 0.15) is 32.3 Å². The van der Waals surface area contributed by atoms with Crippen molar-refractivity contribution in [2.24, 2.45) is 0 Å². The van der Waals surface area contributed by atoms with E-state index in [9.17, 15) is 8.42 Å². The Morgan fingerprint density at radius 1 is 0.906 bits per heavy atom. The van der Waals surface area contributed by atoms with Crippen molar-refractivity contribution in [2.45, 2.75) is 48.3 Å². The van der Waals surface area contributed by atoms with Crippen LogP contribution >= 0.6 is 93.2 Å². The van der Waals surface area contributed by atoms with Crippen molar-refractivity contribution in [3.8, 4) is 0 Å². The zero-order valence-electron chi connectivity index (χ0n) is 17.7. The first-order valence-corrected chi connectivity index (χ1v) is 17.8. The third-order valence-corrected chi connectivity index (χ3v) is 16.8. The summed E-state index contributed by atoms with van der Waals surface area (Å²) in [6.07, 6.45) is 4.13. The van der Waals surface area contributed by atoms with E-state index in [2.05, 4.69) is 36.4 Å². The van der Waals surface area contributed by atoms with Crippen LogP contribution in [0.3, 0.4) is 0 Å². The van der Waals surface area contributed by atoms with Crippen LogP contribution in [0.5, 0.6) is 0 Å². The summed E-state index contributed by atoms with van der Waals surface area (Å²) in [5.74, 6) is 2.28. The molecule has 0 aliphatic carbocycles. The van der Waals surface area contributed by atoms with Crippen LogP contribution in [-0.2, 0) is 10.0 Å². The molecule has 0 N–H and O–H groups in total. The minimum Gasteiger partial charge on any atom is -0.234 e. The first-order valence-electron chi connectivity index (χ1n) is 10.0. The third-order valence-electron chi connectivity index (χ3n) is 4.39. The van der Waals surface area contributed by atoms with Gasteiger partial charge in [-0.05, 0) is 66.0 Å². The molecular weight excluding hydrogens is 650 g/mol. The topological polar surface area (TPSA) is 39.1 Å². The predicted octanol–water partition coefficient (Wildman–Crippen LogP) is 8.86. The molecule has 32 heavy (non-hydrogen) atoms. The molecule has 2 aliphatic heterocycles. The van der Waals surface area contributed by atoms with Crippen molar-refractivity contribution in [2.75, 3.05) is 11.5 Å². The Labute approximate surface area is 229 Å². The highest BCUT2D eigenvalue weighted by molar-refractivity contribution is 14.1. The zero-order chi connectivity index (χ0) is 22.9. The fourth-order valence-electron chi connectivity index (χ4n) is 2.81. The highest BCUT2D eigenvalue weighted by atomic mass is 127. The Balaban J connectivity index is 1.57. The van der Waals surface area contributed by atoms with E-state index in [1.165, 1.54) is 33.8 Å². The lowest BCUT2D eigenvalue weighted by molar-refractivity contribution is 0.586. The van der Waals surface area contributed by atoms with Crippen molar-refractivity contribution in [3.05, 3.63) is 56.7 Å². The van der Waals surface area contributed by atoms with Gasteiger partial charge < -0.3 is 0 Å². The number of aromatic nitrogens is 1. The van der Waals surface area contributed by atoms with E-state index in [1.807, 2.05) is 66.1 Å². The van der Waals surface area contributed by atoms with Gasteiger partial charge in [-0.2, -0.15) is 0 Å². The highest BCUT2D eigenvalue weighted by Gasteiger charge is 2.33. The molecule has 3 heterocycles. The number of halogens is 1. The molecule has 2 aromatic rings. The molecule has 1 aromatic heterocycles. The van der Waals surface area contributed by atoms with Crippen LogP contribution in [0.4, 0.5) is 0 Å². The Hall–Kier alpha value is 0.760. The molecular formula is C21H22INO2S7. The molecule has 3 nitrogen and oxygen atoms in total. The minimum absolute atomic E-state index is 0.324. The monoisotopic (exact) mass is 671 g/mol. The van der Waals surface area contributed by atoms with Crippen LogP contribution in [0.2, 0.25) is 0 Å². The molecule has 0 bridgehead atoms. The second-order valence-corrected chi connectivity index (χ2v) is 17.2. The summed E-state index contributed by atoms with van der Waals surface area (Å²) in [6.45, 7) is 6.40. The molecule has 172 valence electrons. The number of fused-ring (bicyclic) bond motifs is 1. The van der Waals surface area contributed by atoms with Crippen molar-refractivity contribution < 1.29 is 8.42 Å². The van der Waals surface area contributed by atoms with Crippen LogP contribution in [0, 0.1) is 10.6 Å². The molecule has 0 saturated carbocycles. The fourth-order valence-corrected chi connectivity index (χ4v) is 14.4. The number of hydrogen-bond acceptors (Lipinski definition) is 8. The molecule has 0 radical (unpaired) electrons. The van der Waals surface area contributed by atoms with Gasteiger partial charge in [0.15, 0.2) is 0 Å². The zero-order valence-corrected chi connectivity index (χ0v) is 25.6. The highest BCUT2D eigenvalue weighted by Crippen LogP contribution is 2.64. The molecule has 1 aromatic carbocycles. The first kappa shape index (κ1) is 25.8. The van der Waals surface area contributed by atoms with E-state index in [0.717, 1.165) is 30.6 Å². The third kappa shape index (κ3) is 5.44. The van der Waals surface area contributed by atoms with E-state index in [0.29, 0.717) is 4.90 Å². The summed E-state index contributed by atoms with van der Waals surface area (Å²) in [6, 6.07) is 7.05. The molecule has 0 fully saturated rings. The summed E-state index contributed by atoms with van der Waals surface area (Å²) in [7, 11) is -3.60. The van der Waals surface area contributed by atoms with Gasteiger partial charge in [0.2, 0.25) is 0 Å². The number of aryl methyl sites for hydroxylation is 1. The van der Waals surface area contributed by atoms with Crippen LogP contribution in [-0.4, -0.2) is 23.9 Å². The maximum absolute atomic E-state index is 13.2. The minimum atomic E-state index is -3.60. The second-order valence-electron chi connectivity index (χ2n) is 6.98. The first-order chi connectivity index (χ1) is 15.3. The summed E-state index contributed by atoms with van der Waals surface area (Å²) < 4.78 is 34.1. The van der Waals surface area contributed by atoms with Gasteiger partial charge in [0.1, 0.15) is 3.70 Å². The Morgan fingerprint density at radius 2 is 1.47 bits per heavy atom. The van der Waals surface area contributed by atoms with Crippen molar-refractivity contribution in [1.82, 2.24) is 3.97 Å². The van der Waals surface area contributed by atoms with E-state index >= 15 is 0 Å². The molecule has 0 atom stereocenters. The maximum Gasteiger partial charge on any atom is 0.268 e. The van der Waals surface area contributed by atoms with Gasteiger partial charge >= 0.3 is 0 Å². The molecule has 2 aliphatic rings. The molecule has 0 saturated heterocycles. The van der Waals surface area contributed by atoms with Crippen molar-refractivity contribution in [1.29, 1.82) is 0 Å². The molecule has 0 unspecified atom stereocenters. The lowest BCUT2D eigenvalue weighted by Crippen LogP contribution is -2.13. The van der Waals surface area contributed by atoms with E-state index in [1.54, 1.807) is 41.9 Å². The normalized spacial score (nSPS) is 16.4. The van der Waals surface area contributed by atoms with Gasteiger partial charge in [-0.3, -0.25) is 0 Å². The Bertz CT molecular complexity index is 1160. The van der Waals surface area contributed by atoms with Crippen molar-refractivity contribution in [3.63, 3.8) is 0 Å². The number of benzene rings is 1. The Morgan fingerprint density at radius 3 is 2.00 bits per heavy atom. The molecule has 0 amide bonds. The van der Waals surface area contributed by atoms with Crippen LogP contribution < -0.4 is 0 Å². The summed E-state index contributed by atoms with van der Waals surface area (Å²) in [5, 5.41) is 0. The van der Waals surface area contributed by atoms with E-state index in [4.69, 9.17) is 0 Å². The molecule has 11 heteroatoms. The lowest BCUT2D eigenvalue weighted by Gasteiger charge is -2.09. The predicted molar refractivity (Wildman–Crippen MR) is 157 cm³/mol. The van der Waals surface area contributed by atoms with Crippen LogP contribution in [0.25, 0.3) is 0 Å². The number of nitrogens with zero attached hydrogens (tertiary/aromatic N) is 1. The largest absolute Gasteiger partial charge is 0.268 e. The molecule has 4 rings (SSSR count). The average molecular weight is 672 g/mol. The van der Waals surface area contributed by atoms with Crippen molar-refractivity contribution >= 4 is 103 Å². The lowest BCUT2D eigenvalue weighted by atomic mass is 10.2. The maximum atomic E-state index is 13.2. The quantitative estimate of drug-likeness (QED) is 0.258. The summed E-state index contributed by atoms with van der Waals surface area (Å²) in [4.78, 5) is 2.40. The number of rotatable bonds is 8. The SMILES string of the molecule is CCCSC1=C(SCCC)SC(=C2Sc3cn(S(=O)(=O)c4ccc(C)cc4)c(I)c3S2)S1. The second kappa shape index (κ2) is 11.2. The number of thioether (sulfide) groups is 6. The smallest absolute Gasteiger partial charge is 0.234 e. The van der Waals surface area contributed by atoms with Gasteiger partial charge in [0.25, 0.3) is 10.0 Å². The van der Waals surface area contributed by atoms with Gasteiger partial charge in [0.05, 0.1) is 26.7 Å². The fraction of sp³-hybridized carbons (Fsp3) is 0.333. The van der Waals surface area contributed by atoms with Gasteiger partial charge in [0, 0.05) is 11.1 Å². The van der Waals surface area contributed by atoms with Crippen LogP contribution in [0.15, 0.2) is 62.1 Å². The van der Waals surface area contributed by atoms with E-state index in [-0.39, 0.29) is 0 Å². The molecule has 0 spiro atoms. The van der Waals surface area contributed by atoms with Gasteiger partial charge in [-0.1, -0.05) is 78.6 Å². The summed E-state index contributed by atoms with van der Waals surface area (Å²) >= 11 is 13.3. The van der Waals surface area contributed by atoms with Gasteiger partial charge in [-0.15, -0.1) is 23.5 Å².